The molecule has 6 heteroatoms. The van der Waals surface area contributed by atoms with Crippen molar-refractivity contribution >= 4 is 29.3 Å². The molecule has 0 amide bonds. The van der Waals surface area contributed by atoms with Gasteiger partial charge in [0.1, 0.15) is 0 Å². The molecule has 1 heterocycles. The maximum atomic E-state index is 12.8. The van der Waals surface area contributed by atoms with Crippen LogP contribution in [0.2, 0.25) is 0 Å². The molecule has 0 N–H and O–H groups in total. The van der Waals surface area contributed by atoms with Gasteiger partial charge in [0.25, 0.3) is 0 Å². The number of sulfone groups is 1. The molecular formula is C17H26O4S2. The van der Waals surface area contributed by atoms with Crippen LogP contribution in [0, 0.1) is 5.92 Å². The molecule has 0 saturated carbocycles. The fraction of sp³-hybridized carbons (Fsp3) is 0.588. The van der Waals surface area contributed by atoms with Crippen LogP contribution in [0.3, 0.4) is 0 Å². The van der Waals surface area contributed by atoms with Crippen LogP contribution >= 0.6 is 13.5 Å². The van der Waals surface area contributed by atoms with Gasteiger partial charge in [0.05, 0.1) is 11.5 Å². The van der Waals surface area contributed by atoms with Crippen molar-refractivity contribution in [3.8, 4) is 0 Å². The third kappa shape index (κ3) is 4.10. The molecule has 1 saturated heterocycles. The van der Waals surface area contributed by atoms with Crippen molar-refractivity contribution in [2.24, 2.45) is 5.92 Å². The Kier molecular flexibility index (Phi) is 6.32. The second-order valence-corrected chi connectivity index (χ2v) is 8.99. The molecule has 0 aliphatic carbocycles. The van der Waals surface area contributed by atoms with Gasteiger partial charge in [-0.2, -0.15) is 13.5 Å². The standard InChI is InChI=1S/C17H24O4S.H2S/c1-5-6-12-11-21-16(18)15(12)22(19,20)14-9-7-13(8-10-14)17(2,3)4;/h7-10,12,15H,5-6,11H2,1-4H3;1H2/t12-,15?;/m0./s1. The van der Waals surface area contributed by atoms with Crippen molar-refractivity contribution in [1.29, 1.82) is 0 Å². The van der Waals surface area contributed by atoms with Crippen molar-refractivity contribution in [3.05, 3.63) is 29.8 Å². The quantitative estimate of drug-likeness (QED) is 0.776. The highest BCUT2D eigenvalue weighted by atomic mass is 32.2. The summed E-state index contributed by atoms with van der Waals surface area (Å²) in [5.41, 5.74) is 1.02. The maximum absolute atomic E-state index is 12.8. The molecule has 1 fully saturated rings. The van der Waals surface area contributed by atoms with E-state index >= 15 is 0 Å². The predicted molar refractivity (Wildman–Crippen MR) is 95.9 cm³/mol. The molecule has 2 atom stereocenters. The summed E-state index contributed by atoms with van der Waals surface area (Å²) in [6, 6.07) is 6.85. The van der Waals surface area contributed by atoms with Gasteiger partial charge < -0.3 is 4.74 Å². The van der Waals surface area contributed by atoms with E-state index in [1.807, 2.05) is 19.1 Å². The first kappa shape index (κ1) is 20.0. The number of ether oxygens (including phenoxy) is 1. The molecule has 130 valence electrons. The minimum atomic E-state index is -3.70. The first-order chi connectivity index (χ1) is 10.2. The molecule has 0 aromatic heterocycles. The smallest absolute Gasteiger partial charge is 0.325 e. The topological polar surface area (TPSA) is 60.4 Å². The zero-order valence-corrected chi connectivity index (χ0v) is 15.9. The van der Waals surface area contributed by atoms with Crippen LogP contribution in [-0.4, -0.2) is 26.2 Å². The number of esters is 1. The van der Waals surface area contributed by atoms with E-state index in [-0.39, 0.29) is 36.3 Å². The predicted octanol–water partition coefficient (Wildman–Crippen LogP) is 3.21. The van der Waals surface area contributed by atoms with E-state index in [2.05, 4.69) is 20.8 Å². The normalized spacial score (nSPS) is 21.7. The average Bonchev–Trinajstić information content (AvgIpc) is 2.80. The fourth-order valence-electron chi connectivity index (χ4n) is 2.83. The van der Waals surface area contributed by atoms with E-state index in [0.29, 0.717) is 6.42 Å². The molecule has 0 bridgehead atoms. The van der Waals surface area contributed by atoms with Crippen molar-refractivity contribution in [2.45, 2.75) is 56.1 Å². The summed E-state index contributed by atoms with van der Waals surface area (Å²) in [6.07, 6.45) is 1.51. The minimum absolute atomic E-state index is 0. The van der Waals surface area contributed by atoms with E-state index in [0.717, 1.165) is 12.0 Å². The minimum Gasteiger partial charge on any atom is -0.464 e. The number of benzene rings is 1. The highest BCUT2D eigenvalue weighted by Gasteiger charge is 2.46. The molecular weight excluding hydrogens is 332 g/mol. The Bertz CT molecular complexity index is 642. The molecule has 1 aromatic carbocycles. The van der Waals surface area contributed by atoms with Crippen LogP contribution in [-0.2, 0) is 24.8 Å². The number of carbonyl (C=O) groups is 1. The van der Waals surface area contributed by atoms with Crippen LogP contribution in [0.15, 0.2) is 29.2 Å². The molecule has 0 radical (unpaired) electrons. The van der Waals surface area contributed by atoms with Crippen LogP contribution in [0.25, 0.3) is 0 Å². The SMILES string of the molecule is CCC[C@H]1COC(=O)C1S(=O)(=O)c1ccc(C(C)(C)C)cc1.S. The average molecular weight is 359 g/mol. The molecule has 1 aromatic rings. The van der Waals surface area contributed by atoms with Gasteiger partial charge >= 0.3 is 5.97 Å². The number of hydrogen-bond acceptors (Lipinski definition) is 4. The van der Waals surface area contributed by atoms with Gasteiger partial charge in [-0.05, 0) is 29.5 Å². The first-order valence-corrected chi connectivity index (χ1v) is 9.23. The van der Waals surface area contributed by atoms with Gasteiger partial charge in [0.15, 0.2) is 15.1 Å². The van der Waals surface area contributed by atoms with E-state index in [9.17, 15) is 13.2 Å². The van der Waals surface area contributed by atoms with E-state index < -0.39 is 21.1 Å². The summed E-state index contributed by atoms with van der Waals surface area (Å²) in [5, 5.41) is -1.06. The van der Waals surface area contributed by atoms with Crippen molar-refractivity contribution in [2.75, 3.05) is 6.61 Å². The summed E-state index contributed by atoms with van der Waals surface area (Å²) in [5.74, 6) is -0.858. The molecule has 23 heavy (non-hydrogen) atoms. The summed E-state index contributed by atoms with van der Waals surface area (Å²) >= 11 is 0. The van der Waals surface area contributed by atoms with E-state index in [1.54, 1.807) is 12.1 Å². The summed E-state index contributed by atoms with van der Waals surface area (Å²) < 4.78 is 30.6. The zero-order chi connectivity index (χ0) is 16.5. The van der Waals surface area contributed by atoms with Gasteiger partial charge in [-0.15, -0.1) is 0 Å². The Labute approximate surface area is 146 Å². The molecule has 1 aliphatic rings. The highest BCUT2D eigenvalue weighted by Crippen LogP contribution is 2.31. The third-order valence-electron chi connectivity index (χ3n) is 4.14. The van der Waals surface area contributed by atoms with Gasteiger partial charge in [0.2, 0.25) is 0 Å². The van der Waals surface area contributed by atoms with Crippen molar-refractivity contribution in [1.82, 2.24) is 0 Å². The summed E-state index contributed by atoms with van der Waals surface area (Å²) in [4.78, 5) is 12.1. The Morgan fingerprint density at radius 1 is 1.17 bits per heavy atom. The Hall–Kier alpha value is -1.01. The lowest BCUT2D eigenvalue weighted by molar-refractivity contribution is -0.137. The molecule has 0 spiro atoms. The second kappa shape index (κ2) is 7.26. The summed E-state index contributed by atoms with van der Waals surface area (Å²) in [6.45, 7) is 8.40. The lowest BCUT2D eigenvalue weighted by Crippen LogP contribution is -2.32. The zero-order valence-electron chi connectivity index (χ0n) is 14.1. The second-order valence-electron chi connectivity index (χ2n) is 6.92. The molecule has 1 unspecified atom stereocenters. The lowest BCUT2D eigenvalue weighted by Gasteiger charge is -2.20. The Morgan fingerprint density at radius 2 is 1.74 bits per heavy atom. The Morgan fingerprint density at radius 3 is 2.22 bits per heavy atom. The number of cyclic esters (lactones) is 1. The summed E-state index contributed by atoms with van der Waals surface area (Å²) in [7, 11) is -3.70. The van der Waals surface area contributed by atoms with Gasteiger partial charge in [-0.1, -0.05) is 46.2 Å². The monoisotopic (exact) mass is 358 g/mol. The van der Waals surface area contributed by atoms with Gasteiger partial charge in [-0.25, -0.2) is 8.42 Å². The third-order valence-corrected chi connectivity index (χ3v) is 6.32. The molecule has 2 rings (SSSR count). The first-order valence-electron chi connectivity index (χ1n) is 7.69. The highest BCUT2D eigenvalue weighted by molar-refractivity contribution is 7.92. The number of hydrogen-bond donors (Lipinski definition) is 0. The van der Waals surface area contributed by atoms with Gasteiger partial charge in [-0.3, -0.25) is 4.79 Å². The van der Waals surface area contributed by atoms with Crippen LogP contribution in [0.4, 0.5) is 0 Å². The van der Waals surface area contributed by atoms with E-state index in [4.69, 9.17) is 4.74 Å². The van der Waals surface area contributed by atoms with Gasteiger partial charge in [0, 0.05) is 5.92 Å². The molecule has 4 nitrogen and oxygen atoms in total. The lowest BCUT2D eigenvalue weighted by atomic mass is 9.87. The molecule has 1 aliphatic heterocycles. The van der Waals surface area contributed by atoms with Crippen LogP contribution in [0.1, 0.15) is 46.1 Å². The largest absolute Gasteiger partial charge is 0.464 e. The fourth-order valence-corrected chi connectivity index (χ4v) is 4.68. The number of rotatable bonds is 4. The van der Waals surface area contributed by atoms with E-state index in [1.165, 1.54) is 0 Å². The van der Waals surface area contributed by atoms with Crippen LogP contribution < -0.4 is 0 Å². The van der Waals surface area contributed by atoms with Crippen LogP contribution in [0.5, 0.6) is 0 Å². The number of carbonyl (C=O) groups excluding carboxylic acids is 1. The maximum Gasteiger partial charge on any atom is 0.325 e. The Balaban J connectivity index is 0.00000264. The van der Waals surface area contributed by atoms with Crippen molar-refractivity contribution < 1.29 is 17.9 Å². The van der Waals surface area contributed by atoms with Crippen molar-refractivity contribution in [3.63, 3.8) is 0 Å².